The van der Waals surface area contributed by atoms with Gasteiger partial charge in [-0.15, -0.1) is 0 Å². The van der Waals surface area contributed by atoms with Crippen LogP contribution in [0.4, 0.5) is 0 Å². The van der Waals surface area contributed by atoms with E-state index in [9.17, 15) is 0 Å². The van der Waals surface area contributed by atoms with Crippen molar-refractivity contribution < 1.29 is 5.48 Å². The predicted molar refractivity (Wildman–Crippen MR) is 49.9 cm³/mol. The Hall–Kier alpha value is -1.29. The summed E-state index contributed by atoms with van der Waals surface area (Å²) in [5, 5.41) is 9.00. The summed E-state index contributed by atoms with van der Waals surface area (Å²) in [7, 11) is 0. The third-order valence-corrected chi connectivity index (χ3v) is 1.55. The summed E-state index contributed by atoms with van der Waals surface area (Å²) < 4.78 is 30.5. The summed E-state index contributed by atoms with van der Waals surface area (Å²) in [6.07, 6.45) is 0. The van der Waals surface area contributed by atoms with Crippen molar-refractivity contribution in [2.45, 2.75) is 26.2 Å². The van der Waals surface area contributed by atoms with Crippen LogP contribution in [0, 0.1) is 11.3 Å². The molecule has 0 N–H and O–H groups in total. The fourth-order valence-electron chi connectivity index (χ4n) is 0.959. The normalized spacial score (nSPS) is 15.5. The highest BCUT2D eigenvalue weighted by molar-refractivity contribution is 5.41. The third-order valence-electron chi connectivity index (χ3n) is 1.55. The maximum absolute atomic E-state index is 9.00. The second-order valence-electron chi connectivity index (χ2n) is 3.61. The van der Waals surface area contributed by atoms with Crippen LogP contribution in [-0.4, -0.2) is 0 Å². The van der Waals surface area contributed by atoms with Gasteiger partial charge in [0.25, 0.3) is 0 Å². The summed E-state index contributed by atoms with van der Waals surface area (Å²) in [5.41, 5.74) is -0.0685. The van der Waals surface area contributed by atoms with Crippen molar-refractivity contribution in [1.29, 1.82) is 5.26 Å². The molecular formula is C11H13N. The van der Waals surface area contributed by atoms with E-state index in [1.807, 2.05) is 26.8 Å². The molecule has 0 fully saturated rings. The molecule has 12 heavy (non-hydrogen) atoms. The number of nitriles is 1. The molecule has 1 heteroatoms. The van der Waals surface area contributed by atoms with Gasteiger partial charge in [0.1, 0.15) is 0 Å². The standard InChI is InChI=1S/C11H13N/c1-11(2,3)10-7-5-4-6-9(10)8-12/h4-7H,1-3H3/i4D,5D,6D,7D. The molecule has 0 saturated carbocycles. The van der Waals surface area contributed by atoms with Gasteiger partial charge in [0.15, 0.2) is 0 Å². The average Bonchev–Trinajstić information content (AvgIpc) is 2.18. The highest BCUT2D eigenvalue weighted by atomic mass is 14.3. The number of hydrogen-bond acceptors (Lipinski definition) is 1. The van der Waals surface area contributed by atoms with Crippen molar-refractivity contribution in [1.82, 2.24) is 0 Å². The molecule has 0 atom stereocenters. The highest BCUT2D eigenvalue weighted by Gasteiger charge is 2.16. The molecule has 0 amide bonds. The van der Waals surface area contributed by atoms with Crippen LogP contribution in [0.3, 0.4) is 0 Å². The van der Waals surface area contributed by atoms with Crippen LogP contribution >= 0.6 is 0 Å². The van der Waals surface area contributed by atoms with E-state index < -0.39 is 5.41 Å². The molecule has 1 aromatic carbocycles. The first-order valence-corrected chi connectivity index (χ1v) is 3.72. The second kappa shape index (κ2) is 2.98. The number of rotatable bonds is 0. The summed E-state index contributed by atoms with van der Waals surface area (Å²) in [6.45, 7) is 5.47. The van der Waals surface area contributed by atoms with Gasteiger partial charge in [0.05, 0.1) is 17.1 Å². The van der Waals surface area contributed by atoms with E-state index in [4.69, 9.17) is 10.7 Å². The SMILES string of the molecule is [2H]c1c([2H])c([2H])c(C(C)(C)C)c(C#N)c1[2H]. The first-order chi connectivity index (χ1) is 7.21. The van der Waals surface area contributed by atoms with Gasteiger partial charge in [0, 0.05) is 0 Å². The van der Waals surface area contributed by atoms with Gasteiger partial charge < -0.3 is 0 Å². The predicted octanol–water partition coefficient (Wildman–Crippen LogP) is 2.86. The lowest BCUT2D eigenvalue weighted by molar-refractivity contribution is 0.588. The topological polar surface area (TPSA) is 23.8 Å². The smallest absolute Gasteiger partial charge is 0.0994 e. The van der Waals surface area contributed by atoms with Gasteiger partial charge in [0.2, 0.25) is 0 Å². The molecule has 0 aliphatic heterocycles. The molecule has 1 nitrogen and oxygen atoms in total. The van der Waals surface area contributed by atoms with Crippen molar-refractivity contribution in [3.8, 4) is 6.07 Å². The van der Waals surface area contributed by atoms with Gasteiger partial charge in [-0.05, 0) is 17.0 Å². The van der Waals surface area contributed by atoms with E-state index >= 15 is 0 Å². The van der Waals surface area contributed by atoms with Crippen LogP contribution < -0.4 is 0 Å². The van der Waals surface area contributed by atoms with E-state index in [0.29, 0.717) is 5.56 Å². The average molecular weight is 163 g/mol. The van der Waals surface area contributed by atoms with E-state index in [2.05, 4.69) is 0 Å². The largest absolute Gasteiger partial charge is 0.192 e. The van der Waals surface area contributed by atoms with Crippen molar-refractivity contribution in [2.24, 2.45) is 0 Å². The Bertz CT molecular complexity index is 480. The van der Waals surface area contributed by atoms with Crippen molar-refractivity contribution in [3.63, 3.8) is 0 Å². The van der Waals surface area contributed by atoms with Crippen molar-refractivity contribution >= 4 is 0 Å². The molecule has 0 unspecified atom stereocenters. The lowest BCUT2D eigenvalue weighted by Crippen LogP contribution is -2.12. The molecule has 0 saturated heterocycles. The zero-order valence-corrected chi connectivity index (χ0v) is 7.45. The van der Waals surface area contributed by atoms with Crippen LogP contribution in [0.15, 0.2) is 24.2 Å². The second-order valence-corrected chi connectivity index (χ2v) is 3.61. The molecule has 1 aromatic rings. The van der Waals surface area contributed by atoms with Crippen molar-refractivity contribution in [3.05, 3.63) is 35.3 Å². The van der Waals surface area contributed by atoms with Crippen LogP contribution in [0.2, 0.25) is 0 Å². The number of benzene rings is 1. The molecule has 0 aliphatic carbocycles. The molecule has 62 valence electrons. The monoisotopic (exact) mass is 163 g/mol. The molecule has 0 aromatic heterocycles. The first kappa shape index (κ1) is 4.67. The Kier molecular flexibility index (Phi) is 1.16. The Morgan fingerprint density at radius 2 is 1.92 bits per heavy atom. The summed E-state index contributed by atoms with van der Waals surface area (Å²) in [4.78, 5) is 0. The number of nitrogens with zero attached hydrogens (tertiary/aromatic N) is 1. The zero-order valence-electron chi connectivity index (χ0n) is 11.4. The van der Waals surface area contributed by atoms with Crippen LogP contribution in [0.25, 0.3) is 0 Å². The molecule has 0 spiro atoms. The Balaban J connectivity index is 3.81. The van der Waals surface area contributed by atoms with Crippen molar-refractivity contribution in [2.75, 3.05) is 0 Å². The third kappa shape index (κ3) is 1.65. The fourth-order valence-corrected chi connectivity index (χ4v) is 0.959. The van der Waals surface area contributed by atoms with Crippen LogP contribution in [0.5, 0.6) is 0 Å². The minimum absolute atomic E-state index is 0.0403. The molecule has 1 rings (SSSR count). The minimum atomic E-state index is -0.485. The first-order valence-electron chi connectivity index (χ1n) is 5.72. The zero-order chi connectivity index (χ0) is 12.7. The molecule has 0 bridgehead atoms. The van der Waals surface area contributed by atoms with E-state index in [-0.39, 0.29) is 29.7 Å². The maximum Gasteiger partial charge on any atom is 0.0994 e. The minimum Gasteiger partial charge on any atom is -0.192 e. The van der Waals surface area contributed by atoms with Gasteiger partial charge in [-0.3, -0.25) is 0 Å². The lowest BCUT2D eigenvalue weighted by Gasteiger charge is -2.19. The van der Waals surface area contributed by atoms with Gasteiger partial charge in [-0.1, -0.05) is 38.9 Å². The fraction of sp³-hybridized carbons (Fsp3) is 0.364. The quantitative estimate of drug-likeness (QED) is 0.577. The Morgan fingerprint density at radius 3 is 2.42 bits per heavy atom. The van der Waals surface area contributed by atoms with E-state index in [1.165, 1.54) is 0 Å². The van der Waals surface area contributed by atoms with Crippen LogP contribution in [0.1, 0.15) is 37.4 Å². The van der Waals surface area contributed by atoms with E-state index in [1.54, 1.807) is 0 Å². The van der Waals surface area contributed by atoms with Gasteiger partial charge >= 0.3 is 0 Å². The molecule has 0 heterocycles. The van der Waals surface area contributed by atoms with Gasteiger partial charge in [-0.25, -0.2) is 0 Å². The highest BCUT2D eigenvalue weighted by Crippen LogP contribution is 2.24. The summed E-state index contributed by atoms with van der Waals surface area (Å²) in [6, 6.07) is 0.856. The molecular weight excluding hydrogens is 146 g/mol. The Labute approximate surface area is 79.3 Å². The van der Waals surface area contributed by atoms with Crippen LogP contribution in [-0.2, 0) is 5.41 Å². The Morgan fingerprint density at radius 1 is 1.33 bits per heavy atom. The molecule has 0 aliphatic rings. The summed E-state index contributed by atoms with van der Waals surface area (Å²) in [5.74, 6) is 0. The number of hydrogen-bond donors (Lipinski definition) is 0. The summed E-state index contributed by atoms with van der Waals surface area (Å²) >= 11 is 0. The molecule has 0 radical (unpaired) electrons. The van der Waals surface area contributed by atoms with Gasteiger partial charge in [-0.2, -0.15) is 5.26 Å². The van der Waals surface area contributed by atoms with E-state index in [0.717, 1.165) is 0 Å². The lowest BCUT2D eigenvalue weighted by atomic mass is 9.84. The maximum atomic E-state index is 9.00.